The predicted molar refractivity (Wildman–Crippen MR) is 264 cm³/mol. The molecule has 0 saturated carbocycles. The van der Waals surface area contributed by atoms with Crippen molar-refractivity contribution in [1.29, 1.82) is 0 Å². The van der Waals surface area contributed by atoms with Gasteiger partial charge in [-0.2, -0.15) is 12.6 Å². The molecule has 328 valence electrons. The molecule has 0 N–H and O–H groups in total. The number of thioether (sulfide) groups is 1. The van der Waals surface area contributed by atoms with Gasteiger partial charge in [-0.25, -0.2) is 0 Å². The van der Waals surface area contributed by atoms with E-state index in [-0.39, 0.29) is 4.75 Å². The van der Waals surface area contributed by atoms with Gasteiger partial charge in [-0.3, -0.25) is 9.98 Å². The van der Waals surface area contributed by atoms with Crippen molar-refractivity contribution in [3.8, 4) is 0 Å². The summed E-state index contributed by atoms with van der Waals surface area (Å²) in [5.41, 5.74) is 7.37. The van der Waals surface area contributed by atoms with Gasteiger partial charge in [-0.15, -0.1) is 11.8 Å². The van der Waals surface area contributed by atoms with E-state index in [2.05, 4.69) is 179 Å². The van der Waals surface area contributed by atoms with Crippen molar-refractivity contribution in [1.82, 2.24) is 0 Å². The van der Waals surface area contributed by atoms with Gasteiger partial charge in [0, 0.05) is 25.7 Å². The largest absolute Gasteiger partial charge is 0.479 e. The maximum atomic E-state index is 5.92. The van der Waals surface area contributed by atoms with Crippen LogP contribution in [0.4, 0.5) is 0 Å². The molecule has 6 aromatic carbocycles. The first kappa shape index (κ1) is 47.3. The molecule has 1 saturated heterocycles. The summed E-state index contributed by atoms with van der Waals surface area (Å²) in [6, 6.07) is 63.6. The molecule has 6 aromatic rings. The molecule has 0 amide bonds. The highest BCUT2D eigenvalue weighted by Crippen LogP contribution is 2.48. The van der Waals surface area contributed by atoms with Crippen LogP contribution in [0.1, 0.15) is 53.1 Å². The summed E-state index contributed by atoms with van der Waals surface area (Å²) >= 11 is 7.01. The third-order valence-electron chi connectivity index (χ3n) is 10.3. The van der Waals surface area contributed by atoms with Crippen molar-refractivity contribution in [2.24, 2.45) is 9.98 Å². The molecule has 0 atom stereocenters. The Hall–Kier alpha value is -5.16. The third kappa shape index (κ3) is 14.7. The molecule has 0 aliphatic carbocycles. The molecule has 63 heavy (non-hydrogen) atoms. The van der Waals surface area contributed by atoms with Gasteiger partial charge in [0.25, 0.3) is 0 Å². The van der Waals surface area contributed by atoms with E-state index in [1.54, 1.807) is 0 Å². The van der Waals surface area contributed by atoms with Crippen molar-refractivity contribution in [2.75, 3.05) is 71.7 Å². The minimum Gasteiger partial charge on any atom is -0.479 e. The van der Waals surface area contributed by atoms with Crippen LogP contribution in [0.5, 0.6) is 0 Å². The second-order valence-electron chi connectivity index (χ2n) is 14.8. The Bertz CT molecular complexity index is 2000. The summed E-state index contributed by atoms with van der Waals surface area (Å²) in [6.07, 6.45) is 1.79. The number of hydrogen-bond acceptors (Lipinski definition) is 9. The maximum absolute atomic E-state index is 5.92. The van der Waals surface area contributed by atoms with Gasteiger partial charge in [-0.1, -0.05) is 182 Å². The van der Waals surface area contributed by atoms with Gasteiger partial charge in [0.2, 0.25) is 0 Å². The van der Waals surface area contributed by atoms with E-state index in [1.165, 1.54) is 33.4 Å². The van der Waals surface area contributed by atoms with Crippen LogP contribution < -0.4 is 0 Å². The molecular weight excluding hydrogens is 821 g/mol. The van der Waals surface area contributed by atoms with Crippen LogP contribution in [0.15, 0.2) is 192 Å². The fourth-order valence-electron chi connectivity index (χ4n) is 7.18. The molecule has 3 aliphatic heterocycles. The average molecular weight is 881 g/mol. The number of ether oxygens (including phenoxy) is 5. The second-order valence-corrected chi connectivity index (χ2v) is 16.7. The van der Waals surface area contributed by atoms with Gasteiger partial charge in [-0.05, 0) is 39.8 Å². The molecule has 0 bridgehead atoms. The van der Waals surface area contributed by atoms with Crippen molar-refractivity contribution >= 4 is 36.2 Å². The van der Waals surface area contributed by atoms with Gasteiger partial charge in [0.15, 0.2) is 11.8 Å². The Labute approximate surface area is 384 Å². The number of thiol groups is 1. The van der Waals surface area contributed by atoms with Gasteiger partial charge in [0.05, 0.1) is 55.6 Å². The molecule has 3 heterocycles. The molecule has 9 rings (SSSR count). The number of hydrogen-bond donors (Lipinski definition) is 1. The van der Waals surface area contributed by atoms with Gasteiger partial charge in [0.1, 0.15) is 13.2 Å². The lowest BCUT2D eigenvalue weighted by Gasteiger charge is -2.35. The van der Waals surface area contributed by atoms with E-state index in [9.17, 15) is 0 Å². The Morgan fingerprint density at radius 1 is 0.492 bits per heavy atom. The highest BCUT2D eigenvalue weighted by Gasteiger charge is 2.36. The third-order valence-corrected chi connectivity index (χ3v) is 12.6. The lowest BCUT2D eigenvalue weighted by molar-refractivity contribution is 0.0531. The topological polar surface area (TPSA) is 74.2 Å². The van der Waals surface area contributed by atoms with Crippen molar-refractivity contribution in [3.63, 3.8) is 0 Å². The van der Waals surface area contributed by atoms with Gasteiger partial charge >= 0.3 is 0 Å². The molecule has 3 aliphatic rings. The number of benzene rings is 6. The lowest BCUT2D eigenvalue weighted by atomic mass is 9.84. The smallest absolute Gasteiger partial charge is 0.183 e. The first-order valence-corrected chi connectivity index (χ1v) is 23.3. The highest BCUT2D eigenvalue weighted by molar-refractivity contribution is 8.00. The van der Waals surface area contributed by atoms with E-state index >= 15 is 0 Å². The van der Waals surface area contributed by atoms with Gasteiger partial charge < -0.3 is 23.7 Å². The maximum Gasteiger partial charge on any atom is 0.183 e. The molecule has 7 nitrogen and oxygen atoms in total. The Morgan fingerprint density at radius 2 is 0.873 bits per heavy atom. The zero-order valence-electron chi connectivity index (χ0n) is 36.3. The fourth-order valence-corrected chi connectivity index (χ4v) is 9.04. The minimum absolute atomic E-state index is 0.297. The molecule has 9 heteroatoms. The Balaban J connectivity index is 0.000000189. The Morgan fingerprint density at radius 3 is 1.21 bits per heavy atom. The summed E-state index contributed by atoms with van der Waals surface area (Å²) in [7, 11) is 0. The highest BCUT2D eigenvalue weighted by atomic mass is 32.2. The first-order chi connectivity index (χ1) is 31.1. The molecule has 0 spiro atoms. The molecule has 0 aromatic heterocycles. The summed E-state index contributed by atoms with van der Waals surface area (Å²) in [4.78, 5) is 8.23. The van der Waals surface area contributed by atoms with E-state index in [4.69, 9.17) is 31.6 Å². The lowest BCUT2D eigenvalue weighted by Crippen LogP contribution is -2.26. The first-order valence-electron chi connectivity index (χ1n) is 21.8. The zero-order valence-corrected chi connectivity index (χ0v) is 38.0. The summed E-state index contributed by atoms with van der Waals surface area (Å²) in [5, 5.41) is 0. The molecule has 0 unspecified atom stereocenters. The molecule has 1 fully saturated rings. The number of epoxide rings is 1. The minimum atomic E-state index is -0.427. The summed E-state index contributed by atoms with van der Waals surface area (Å²) in [6.45, 7) is 9.62. The second kappa shape index (κ2) is 26.5. The monoisotopic (exact) mass is 880 g/mol. The van der Waals surface area contributed by atoms with Crippen molar-refractivity contribution in [3.05, 3.63) is 215 Å². The van der Waals surface area contributed by atoms with E-state index in [1.807, 2.05) is 36.9 Å². The number of rotatable bonds is 17. The molecule has 0 radical (unpaired) electrons. The van der Waals surface area contributed by atoms with E-state index < -0.39 is 4.75 Å². The average Bonchev–Trinajstić information content (AvgIpc) is 4.01. The van der Waals surface area contributed by atoms with Crippen molar-refractivity contribution in [2.45, 2.75) is 29.3 Å². The number of aliphatic imine (C=N–C) groups is 2. The number of nitrogens with zero attached hydrogens (tertiary/aromatic N) is 2. The standard InChI is InChI=1S/C29H33NO3S.C19H16S.C4H7NO.C2H4O/c1-4-11-25(12-5-1)29(26-13-6-2-7-14-26,27-15-8-3-9-16-27)34-24-23-32-22-21-31-19-10-17-28-30-18-20-33-28;20-19(16-10-4-1-5-11-16,17-12-6-2-7-13-17)18-14-8-3-9-15-18;1-4-5-2-3-6-4;1-2-3-1/h1-9,11-16H,10,17-24H2;1-15,20H;2-3H2,1H3;1-2H2. The Kier molecular flexibility index (Phi) is 19.9. The predicted octanol–water partition coefficient (Wildman–Crippen LogP) is 11.3. The van der Waals surface area contributed by atoms with Crippen LogP contribution in [0, 0.1) is 0 Å². The fraction of sp³-hybridized carbons (Fsp3) is 0.296. The van der Waals surface area contributed by atoms with Crippen molar-refractivity contribution < 1.29 is 23.7 Å². The van der Waals surface area contributed by atoms with E-state index in [0.717, 1.165) is 69.9 Å². The summed E-state index contributed by atoms with van der Waals surface area (Å²) in [5.74, 6) is 2.57. The van der Waals surface area contributed by atoms with E-state index in [0.29, 0.717) is 26.4 Å². The van der Waals surface area contributed by atoms with Crippen LogP contribution in [0.3, 0.4) is 0 Å². The summed E-state index contributed by atoms with van der Waals surface area (Å²) < 4.78 is 25.7. The van der Waals surface area contributed by atoms with Crippen LogP contribution in [0.25, 0.3) is 0 Å². The normalized spacial score (nSPS) is 13.9. The quantitative estimate of drug-likeness (QED) is 0.0426. The SMILES string of the molecule is C1CO1.CC1=NCCO1.SC(c1ccccc1)(c1ccccc1)c1ccccc1.c1ccc(C(SCCOCCOCCCC2=NCCO2)(c2ccccc2)c2ccccc2)cc1. The van der Waals surface area contributed by atoms with Crippen LogP contribution in [-0.4, -0.2) is 83.5 Å². The zero-order chi connectivity index (χ0) is 43.7. The van der Waals surface area contributed by atoms with Crippen LogP contribution in [0.2, 0.25) is 0 Å². The van der Waals surface area contributed by atoms with Crippen LogP contribution in [-0.2, 0) is 33.2 Å². The molecular formula is C54H60N2O5S2. The van der Waals surface area contributed by atoms with Crippen LogP contribution >= 0.6 is 24.4 Å².